The molecular formula is C22H23N3O5. The SMILES string of the molecule is C#CCOc1c(C=NNC(=O)CCNC(=O)c2ccc(OC)cc2)cccc1OC. The van der Waals surface area contributed by atoms with Crippen molar-refractivity contribution in [3.63, 3.8) is 0 Å². The summed E-state index contributed by atoms with van der Waals surface area (Å²) in [6.07, 6.45) is 6.73. The number of amides is 2. The lowest BCUT2D eigenvalue weighted by Gasteiger charge is -2.11. The fourth-order valence-corrected chi connectivity index (χ4v) is 2.43. The van der Waals surface area contributed by atoms with E-state index in [1.54, 1.807) is 49.6 Å². The molecule has 0 unspecified atom stereocenters. The van der Waals surface area contributed by atoms with Crippen LogP contribution in [0.5, 0.6) is 17.2 Å². The molecule has 2 rings (SSSR count). The van der Waals surface area contributed by atoms with Crippen LogP contribution in [-0.4, -0.2) is 45.4 Å². The third-order valence-corrected chi connectivity index (χ3v) is 3.91. The Bertz CT molecular complexity index is 933. The minimum absolute atomic E-state index is 0.0673. The standard InChI is InChI=1S/C22H23N3O5/c1-4-14-30-21-17(6-5-7-19(21)29-3)15-24-25-20(26)12-13-23-22(27)16-8-10-18(28-2)11-9-16/h1,5-11,15H,12-14H2,2-3H3,(H,23,27)(H,25,26). The summed E-state index contributed by atoms with van der Waals surface area (Å²) < 4.78 is 15.8. The number of benzene rings is 2. The zero-order valence-electron chi connectivity index (χ0n) is 16.8. The van der Waals surface area contributed by atoms with Gasteiger partial charge >= 0.3 is 0 Å². The quantitative estimate of drug-likeness (QED) is 0.355. The molecule has 2 N–H and O–H groups in total. The number of carbonyl (C=O) groups excluding carboxylic acids is 2. The fraction of sp³-hybridized carbons (Fsp3) is 0.227. The molecule has 0 aliphatic carbocycles. The summed E-state index contributed by atoms with van der Waals surface area (Å²) in [5.74, 6) is 3.35. The highest BCUT2D eigenvalue weighted by Crippen LogP contribution is 2.29. The van der Waals surface area contributed by atoms with Gasteiger partial charge in [-0.25, -0.2) is 5.43 Å². The van der Waals surface area contributed by atoms with Crippen LogP contribution in [0, 0.1) is 12.3 Å². The first-order chi connectivity index (χ1) is 14.6. The molecule has 0 fully saturated rings. The summed E-state index contributed by atoms with van der Waals surface area (Å²) >= 11 is 0. The van der Waals surface area contributed by atoms with Crippen LogP contribution < -0.4 is 25.0 Å². The molecule has 0 spiro atoms. The highest BCUT2D eigenvalue weighted by atomic mass is 16.5. The predicted molar refractivity (Wildman–Crippen MR) is 113 cm³/mol. The molecule has 156 valence electrons. The second-order valence-corrected chi connectivity index (χ2v) is 5.90. The zero-order chi connectivity index (χ0) is 21.8. The number of rotatable bonds is 10. The lowest BCUT2D eigenvalue weighted by Crippen LogP contribution is -2.29. The van der Waals surface area contributed by atoms with E-state index in [1.165, 1.54) is 13.3 Å². The number of carbonyl (C=O) groups is 2. The third-order valence-electron chi connectivity index (χ3n) is 3.91. The predicted octanol–water partition coefficient (Wildman–Crippen LogP) is 1.99. The molecule has 8 heteroatoms. The number of hydrogen-bond donors (Lipinski definition) is 2. The lowest BCUT2D eigenvalue weighted by molar-refractivity contribution is -0.120. The van der Waals surface area contributed by atoms with Gasteiger partial charge in [-0.15, -0.1) is 6.42 Å². The molecule has 2 aromatic carbocycles. The van der Waals surface area contributed by atoms with Crippen LogP contribution in [0.15, 0.2) is 47.6 Å². The Hall–Kier alpha value is -3.99. The van der Waals surface area contributed by atoms with Crippen molar-refractivity contribution in [3.8, 4) is 29.6 Å². The van der Waals surface area contributed by atoms with Gasteiger partial charge in [-0.05, 0) is 36.4 Å². The average molecular weight is 409 g/mol. The first-order valence-electron chi connectivity index (χ1n) is 9.06. The number of para-hydroxylation sites is 1. The van der Waals surface area contributed by atoms with Crippen molar-refractivity contribution in [1.29, 1.82) is 0 Å². The second-order valence-electron chi connectivity index (χ2n) is 5.90. The van der Waals surface area contributed by atoms with E-state index in [2.05, 4.69) is 21.8 Å². The van der Waals surface area contributed by atoms with E-state index in [9.17, 15) is 9.59 Å². The Morgan fingerprint density at radius 3 is 2.57 bits per heavy atom. The largest absolute Gasteiger partial charge is 0.497 e. The molecule has 2 amide bonds. The molecule has 0 atom stereocenters. The molecule has 0 aliphatic rings. The summed E-state index contributed by atoms with van der Waals surface area (Å²) in [6.45, 7) is 0.239. The summed E-state index contributed by atoms with van der Waals surface area (Å²) in [7, 11) is 3.07. The van der Waals surface area contributed by atoms with Gasteiger partial charge in [0.05, 0.1) is 20.4 Å². The Balaban J connectivity index is 1.83. The Kier molecular flexibility index (Phi) is 8.74. The van der Waals surface area contributed by atoms with Crippen LogP contribution in [-0.2, 0) is 4.79 Å². The molecule has 0 saturated heterocycles. The van der Waals surface area contributed by atoms with Crippen LogP contribution in [0.4, 0.5) is 0 Å². The van der Waals surface area contributed by atoms with Crippen molar-refractivity contribution in [2.75, 3.05) is 27.4 Å². The molecule has 0 bridgehead atoms. The van der Waals surface area contributed by atoms with Crippen molar-refractivity contribution >= 4 is 18.0 Å². The van der Waals surface area contributed by atoms with E-state index >= 15 is 0 Å². The molecule has 30 heavy (non-hydrogen) atoms. The molecular weight excluding hydrogens is 386 g/mol. The van der Waals surface area contributed by atoms with Gasteiger partial charge in [-0.3, -0.25) is 9.59 Å². The maximum absolute atomic E-state index is 12.1. The number of terminal acetylenes is 1. The van der Waals surface area contributed by atoms with E-state index in [0.29, 0.717) is 28.4 Å². The number of ether oxygens (including phenoxy) is 3. The topological polar surface area (TPSA) is 98.2 Å². The molecule has 0 aromatic heterocycles. The van der Waals surface area contributed by atoms with Crippen LogP contribution in [0.2, 0.25) is 0 Å². The number of methoxy groups -OCH3 is 2. The van der Waals surface area contributed by atoms with Crippen molar-refractivity contribution in [3.05, 3.63) is 53.6 Å². The second kappa shape index (κ2) is 11.8. The normalized spacial score (nSPS) is 10.2. The van der Waals surface area contributed by atoms with Gasteiger partial charge < -0.3 is 19.5 Å². The minimum Gasteiger partial charge on any atom is -0.497 e. The van der Waals surface area contributed by atoms with Crippen LogP contribution >= 0.6 is 0 Å². The summed E-state index contributed by atoms with van der Waals surface area (Å²) in [4.78, 5) is 24.0. The number of nitrogens with zero attached hydrogens (tertiary/aromatic N) is 1. The maximum atomic E-state index is 12.1. The van der Waals surface area contributed by atoms with Gasteiger partial charge in [0.1, 0.15) is 12.4 Å². The van der Waals surface area contributed by atoms with Crippen molar-refractivity contribution in [1.82, 2.24) is 10.7 Å². The zero-order valence-corrected chi connectivity index (χ0v) is 16.8. The molecule has 8 nitrogen and oxygen atoms in total. The van der Waals surface area contributed by atoms with Crippen LogP contribution in [0.1, 0.15) is 22.3 Å². The molecule has 0 saturated carbocycles. The van der Waals surface area contributed by atoms with Gasteiger partial charge in [0.15, 0.2) is 11.5 Å². The Labute approximate surface area is 175 Å². The fourth-order valence-electron chi connectivity index (χ4n) is 2.43. The van der Waals surface area contributed by atoms with Crippen LogP contribution in [0.3, 0.4) is 0 Å². The Morgan fingerprint density at radius 1 is 1.13 bits per heavy atom. The number of hydrogen-bond acceptors (Lipinski definition) is 6. The average Bonchev–Trinajstić information content (AvgIpc) is 2.77. The van der Waals surface area contributed by atoms with Gasteiger partial charge in [0.25, 0.3) is 5.91 Å². The Morgan fingerprint density at radius 2 is 1.90 bits per heavy atom. The summed E-state index contributed by atoms with van der Waals surface area (Å²) in [5.41, 5.74) is 3.48. The van der Waals surface area contributed by atoms with Crippen LogP contribution in [0.25, 0.3) is 0 Å². The highest BCUT2D eigenvalue weighted by Gasteiger charge is 2.09. The van der Waals surface area contributed by atoms with E-state index in [4.69, 9.17) is 20.6 Å². The van der Waals surface area contributed by atoms with E-state index in [0.717, 1.165) is 0 Å². The van der Waals surface area contributed by atoms with Gasteiger partial charge in [-0.2, -0.15) is 5.10 Å². The lowest BCUT2D eigenvalue weighted by atomic mass is 10.2. The number of hydrazone groups is 1. The van der Waals surface area contributed by atoms with Gasteiger partial charge in [-0.1, -0.05) is 12.0 Å². The summed E-state index contributed by atoms with van der Waals surface area (Å²) in [5, 5.41) is 6.60. The molecule has 0 aliphatic heterocycles. The van der Waals surface area contributed by atoms with Gasteiger partial charge in [0.2, 0.25) is 5.91 Å². The van der Waals surface area contributed by atoms with Crippen molar-refractivity contribution < 1.29 is 23.8 Å². The first kappa shape index (κ1) is 22.3. The van der Waals surface area contributed by atoms with Gasteiger partial charge in [0, 0.05) is 24.1 Å². The summed E-state index contributed by atoms with van der Waals surface area (Å²) in [6, 6.07) is 11.9. The third kappa shape index (κ3) is 6.56. The molecule has 2 aromatic rings. The highest BCUT2D eigenvalue weighted by molar-refractivity contribution is 5.94. The van der Waals surface area contributed by atoms with Crippen molar-refractivity contribution in [2.24, 2.45) is 5.10 Å². The van der Waals surface area contributed by atoms with E-state index in [1.807, 2.05) is 0 Å². The minimum atomic E-state index is -0.352. The first-order valence-corrected chi connectivity index (χ1v) is 9.06. The van der Waals surface area contributed by atoms with E-state index < -0.39 is 0 Å². The maximum Gasteiger partial charge on any atom is 0.251 e. The monoisotopic (exact) mass is 409 g/mol. The molecule has 0 radical (unpaired) electrons. The van der Waals surface area contributed by atoms with E-state index in [-0.39, 0.29) is 31.4 Å². The van der Waals surface area contributed by atoms with Crippen molar-refractivity contribution in [2.45, 2.75) is 6.42 Å². The smallest absolute Gasteiger partial charge is 0.251 e. The number of nitrogens with one attached hydrogen (secondary N) is 2. The molecule has 0 heterocycles.